The first-order valence-corrected chi connectivity index (χ1v) is 12.6. The summed E-state index contributed by atoms with van der Waals surface area (Å²) in [6.07, 6.45) is 3.09. The molecule has 0 saturated heterocycles. The van der Waals surface area contributed by atoms with Gasteiger partial charge in [-0.3, -0.25) is 19.2 Å². The summed E-state index contributed by atoms with van der Waals surface area (Å²) in [6.45, 7) is 3.71. The quantitative estimate of drug-likeness (QED) is 0.144. The molecule has 0 fully saturated rings. The Labute approximate surface area is 226 Å². The second kappa shape index (κ2) is 15.2. The molecule has 2 rings (SSSR count). The van der Waals surface area contributed by atoms with E-state index >= 15 is 0 Å². The summed E-state index contributed by atoms with van der Waals surface area (Å²) in [5.74, 6) is -3.85. The average molecular weight is 544 g/mol. The van der Waals surface area contributed by atoms with Gasteiger partial charge in [-0.2, -0.15) is 0 Å². The average Bonchev–Trinajstić information content (AvgIpc) is 3.39. The van der Waals surface area contributed by atoms with E-state index in [1.165, 1.54) is 12.5 Å². The van der Waals surface area contributed by atoms with Crippen molar-refractivity contribution in [3.63, 3.8) is 0 Å². The molecule has 39 heavy (non-hydrogen) atoms. The molecule has 0 aliphatic heterocycles. The van der Waals surface area contributed by atoms with E-state index in [-0.39, 0.29) is 38.0 Å². The number of hydrogen-bond donors (Lipinski definition) is 7. The molecule has 0 saturated carbocycles. The van der Waals surface area contributed by atoms with E-state index in [1.807, 2.05) is 13.8 Å². The van der Waals surface area contributed by atoms with Gasteiger partial charge in [0.15, 0.2) is 0 Å². The predicted molar refractivity (Wildman–Crippen MR) is 142 cm³/mol. The van der Waals surface area contributed by atoms with Crippen LogP contribution in [0.25, 0.3) is 0 Å². The number of H-pyrrole nitrogens is 1. The summed E-state index contributed by atoms with van der Waals surface area (Å²) in [4.78, 5) is 68.9. The van der Waals surface area contributed by atoms with Crippen LogP contribution in [0, 0.1) is 5.92 Å². The van der Waals surface area contributed by atoms with E-state index in [1.54, 1.807) is 30.3 Å². The number of aromatic amines is 1. The fourth-order valence-corrected chi connectivity index (χ4v) is 3.83. The monoisotopic (exact) mass is 543 g/mol. The first kappa shape index (κ1) is 31.0. The number of carbonyl (C=O) groups is 5. The lowest BCUT2D eigenvalue weighted by Crippen LogP contribution is -2.58. The molecular formula is C26H37N7O6. The van der Waals surface area contributed by atoms with Crippen molar-refractivity contribution in [3.05, 3.63) is 54.1 Å². The zero-order chi connectivity index (χ0) is 28.9. The Morgan fingerprint density at radius 3 is 2.10 bits per heavy atom. The lowest BCUT2D eigenvalue weighted by molar-refractivity contribution is -0.142. The Kier molecular flexibility index (Phi) is 12.1. The van der Waals surface area contributed by atoms with E-state index < -0.39 is 53.8 Å². The molecule has 1 aromatic heterocycles. The zero-order valence-corrected chi connectivity index (χ0v) is 22.1. The summed E-state index contributed by atoms with van der Waals surface area (Å²) in [7, 11) is 0. The van der Waals surface area contributed by atoms with Gasteiger partial charge in [-0.15, -0.1) is 0 Å². The number of hydrogen-bond acceptors (Lipinski definition) is 7. The van der Waals surface area contributed by atoms with Crippen LogP contribution >= 0.6 is 0 Å². The molecule has 0 aliphatic carbocycles. The SMILES string of the molecule is CC(C)CC(NC(=O)C(Cc1cnc[nH]1)NC(=O)C(N)CCC(N)=O)C(=O)NC(Cc1ccccc1)C(=O)O. The van der Waals surface area contributed by atoms with Crippen molar-refractivity contribution < 1.29 is 29.1 Å². The molecule has 0 radical (unpaired) electrons. The number of imidazole rings is 1. The second-order valence-electron chi connectivity index (χ2n) is 9.73. The Balaban J connectivity index is 2.17. The van der Waals surface area contributed by atoms with Crippen LogP contribution in [-0.2, 0) is 36.8 Å². The standard InChI is InChI=1S/C26H37N7O6/c1-15(2)10-19(24(36)33-21(26(38)39)11-16-6-4-3-5-7-16)32-25(37)20(12-17-13-29-14-30-17)31-23(35)18(27)8-9-22(28)34/h3-7,13-15,18-21H,8-12,27H2,1-2H3,(H2,28,34)(H,29,30)(H,31,35)(H,32,37)(H,33,36)(H,38,39). The Bertz CT molecular complexity index is 1110. The molecule has 212 valence electrons. The largest absolute Gasteiger partial charge is 0.480 e. The summed E-state index contributed by atoms with van der Waals surface area (Å²) in [6, 6.07) is 4.35. The first-order chi connectivity index (χ1) is 18.5. The second-order valence-corrected chi connectivity index (χ2v) is 9.73. The minimum Gasteiger partial charge on any atom is -0.480 e. The third kappa shape index (κ3) is 10.9. The molecule has 4 atom stereocenters. The molecule has 0 spiro atoms. The highest BCUT2D eigenvalue weighted by molar-refractivity contribution is 5.94. The minimum absolute atomic E-state index is 0.00403. The fraction of sp³-hybridized carbons (Fsp3) is 0.462. The first-order valence-electron chi connectivity index (χ1n) is 12.6. The number of rotatable bonds is 16. The maximum atomic E-state index is 13.3. The predicted octanol–water partition coefficient (Wildman–Crippen LogP) is -0.627. The van der Waals surface area contributed by atoms with E-state index in [0.717, 1.165) is 5.56 Å². The number of carboxylic acids is 1. The van der Waals surface area contributed by atoms with Crippen LogP contribution in [-0.4, -0.2) is 68.8 Å². The van der Waals surface area contributed by atoms with Crippen molar-refractivity contribution in [1.82, 2.24) is 25.9 Å². The molecule has 9 N–H and O–H groups in total. The molecule has 0 aliphatic rings. The van der Waals surface area contributed by atoms with Crippen molar-refractivity contribution in [2.24, 2.45) is 17.4 Å². The molecule has 13 heteroatoms. The number of nitrogens with two attached hydrogens (primary N) is 2. The van der Waals surface area contributed by atoms with Gasteiger partial charge < -0.3 is 37.5 Å². The summed E-state index contributed by atoms with van der Waals surface area (Å²) in [5, 5.41) is 17.4. The lowest BCUT2D eigenvalue weighted by atomic mass is 10.0. The molecule has 0 bridgehead atoms. The van der Waals surface area contributed by atoms with Crippen LogP contribution in [0.4, 0.5) is 0 Å². The number of primary amides is 1. The molecule has 1 heterocycles. The van der Waals surface area contributed by atoms with Gasteiger partial charge in [0.1, 0.15) is 18.1 Å². The van der Waals surface area contributed by atoms with Gasteiger partial charge in [0.05, 0.1) is 12.4 Å². The number of nitrogens with zero attached hydrogens (tertiary/aromatic N) is 1. The smallest absolute Gasteiger partial charge is 0.326 e. The molecule has 1 aromatic carbocycles. The van der Waals surface area contributed by atoms with Crippen LogP contribution in [0.1, 0.15) is 44.4 Å². The van der Waals surface area contributed by atoms with E-state index in [2.05, 4.69) is 25.9 Å². The number of carbonyl (C=O) groups excluding carboxylic acids is 4. The lowest BCUT2D eigenvalue weighted by Gasteiger charge is -2.26. The Hall–Kier alpha value is -4.26. The minimum atomic E-state index is -1.21. The van der Waals surface area contributed by atoms with Gasteiger partial charge >= 0.3 is 5.97 Å². The number of amides is 4. The van der Waals surface area contributed by atoms with Crippen molar-refractivity contribution in [2.75, 3.05) is 0 Å². The normalized spacial score (nSPS) is 14.1. The maximum Gasteiger partial charge on any atom is 0.326 e. The molecule has 4 amide bonds. The highest BCUT2D eigenvalue weighted by atomic mass is 16.4. The van der Waals surface area contributed by atoms with E-state index in [0.29, 0.717) is 5.69 Å². The van der Waals surface area contributed by atoms with Gasteiger partial charge in [-0.25, -0.2) is 9.78 Å². The molecular weight excluding hydrogens is 506 g/mol. The van der Waals surface area contributed by atoms with E-state index in [9.17, 15) is 29.1 Å². The van der Waals surface area contributed by atoms with Crippen LogP contribution in [0.3, 0.4) is 0 Å². The van der Waals surface area contributed by atoms with Crippen LogP contribution < -0.4 is 27.4 Å². The number of aliphatic carboxylic acids is 1. The third-order valence-electron chi connectivity index (χ3n) is 5.89. The third-order valence-corrected chi connectivity index (χ3v) is 5.89. The van der Waals surface area contributed by atoms with Crippen molar-refractivity contribution in [3.8, 4) is 0 Å². The van der Waals surface area contributed by atoms with Crippen LogP contribution in [0.2, 0.25) is 0 Å². The summed E-state index contributed by atoms with van der Waals surface area (Å²) < 4.78 is 0. The fourth-order valence-electron chi connectivity index (χ4n) is 3.83. The number of aromatic nitrogens is 2. The number of nitrogens with one attached hydrogen (secondary N) is 4. The van der Waals surface area contributed by atoms with Crippen LogP contribution in [0.15, 0.2) is 42.9 Å². The van der Waals surface area contributed by atoms with Crippen molar-refractivity contribution in [1.29, 1.82) is 0 Å². The van der Waals surface area contributed by atoms with Crippen molar-refractivity contribution in [2.45, 2.75) is 70.1 Å². The van der Waals surface area contributed by atoms with Crippen molar-refractivity contribution >= 4 is 29.6 Å². The van der Waals surface area contributed by atoms with Gasteiger partial charge in [-0.1, -0.05) is 44.2 Å². The maximum absolute atomic E-state index is 13.3. The van der Waals surface area contributed by atoms with Gasteiger partial charge in [0.25, 0.3) is 0 Å². The Morgan fingerprint density at radius 2 is 1.54 bits per heavy atom. The number of benzene rings is 1. The molecule has 13 nitrogen and oxygen atoms in total. The van der Waals surface area contributed by atoms with Gasteiger partial charge in [0, 0.05) is 31.2 Å². The highest BCUT2D eigenvalue weighted by Crippen LogP contribution is 2.09. The summed E-state index contributed by atoms with van der Waals surface area (Å²) in [5.41, 5.74) is 12.2. The Morgan fingerprint density at radius 1 is 0.923 bits per heavy atom. The number of carboxylic acid groups (broad SMARTS) is 1. The van der Waals surface area contributed by atoms with Crippen LogP contribution in [0.5, 0.6) is 0 Å². The zero-order valence-electron chi connectivity index (χ0n) is 22.1. The van der Waals surface area contributed by atoms with E-state index in [4.69, 9.17) is 11.5 Å². The molecule has 4 unspecified atom stereocenters. The highest BCUT2D eigenvalue weighted by Gasteiger charge is 2.31. The summed E-state index contributed by atoms with van der Waals surface area (Å²) >= 11 is 0. The van der Waals surface area contributed by atoms with Gasteiger partial charge in [0.2, 0.25) is 23.6 Å². The topological polar surface area (TPSA) is 222 Å². The molecule has 2 aromatic rings. The van der Waals surface area contributed by atoms with Gasteiger partial charge in [-0.05, 0) is 24.3 Å².